The molecule has 1 saturated heterocycles. The van der Waals surface area contributed by atoms with Gasteiger partial charge >= 0.3 is 12.0 Å². The van der Waals surface area contributed by atoms with Gasteiger partial charge in [-0.2, -0.15) is 0 Å². The Balaban J connectivity index is 2.03. The molecule has 0 saturated carbocycles. The number of urea groups is 1. The lowest BCUT2D eigenvalue weighted by atomic mass is 10.0. The lowest BCUT2D eigenvalue weighted by molar-refractivity contribution is -0.137. The summed E-state index contributed by atoms with van der Waals surface area (Å²) in [5, 5.41) is 8.69. The van der Waals surface area contributed by atoms with Gasteiger partial charge in [-0.1, -0.05) is 12.1 Å². The number of nitrogens with two attached hydrogens (primary N) is 1. The first kappa shape index (κ1) is 16.3. The molecule has 1 unspecified atom stereocenters. The zero-order chi connectivity index (χ0) is 16.3. The Morgan fingerprint density at radius 3 is 2.41 bits per heavy atom. The summed E-state index contributed by atoms with van der Waals surface area (Å²) < 4.78 is 0. The molecule has 0 spiro atoms. The Kier molecular flexibility index (Phi) is 5.03. The number of nitrogens with zero attached hydrogens (tertiary/aromatic N) is 2. The first-order chi connectivity index (χ1) is 10.4. The topological polar surface area (TPSA) is 86.9 Å². The predicted molar refractivity (Wildman–Crippen MR) is 84.8 cm³/mol. The number of hydrogen-bond acceptors (Lipinski definition) is 3. The van der Waals surface area contributed by atoms with Gasteiger partial charge < -0.3 is 15.7 Å². The minimum Gasteiger partial charge on any atom is -0.481 e. The standard InChI is InChI=1S/C16H23N3O3/c1-11(2)18-9-10-19(16(18)22)13-5-3-12(4-6-13)14(17)7-8-15(20)21/h3-6,11,14H,7-10,17H2,1-2H3,(H,20,21). The van der Waals surface area contributed by atoms with Crippen molar-refractivity contribution in [1.29, 1.82) is 0 Å². The number of carboxylic acid groups (broad SMARTS) is 1. The summed E-state index contributed by atoms with van der Waals surface area (Å²) in [7, 11) is 0. The summed E-state index contributed by atoms with van der Waals surface area (Å²) >= 11 is 0. The lowest BCUT2D eigenvalue weighted by Gasteiger charge is -2.22. The molecule has 1 heterocycles. The third-order valence-corrected chi connectivity index (χ3v) is 3.97. The first-order valence-corrected chi connectivity index (χ1v) is 7.55. The monoisotopic (exact) mass is 305 g/mol. The Bertz CT molecular complexity index is 542. The second-order valence-electron chi connectivity index (χ2n) is 5.85. The molecule has 2 amide bonds. The summed E-state index contributed by atoms with van der Waals surface area (Å²) in [6.07, 6.45) is 0.454. The minimum atomic E-state index is -0.844. The van der Waals surface area contributed by atoms with Gasteiger partial charge in [0.15, 0.2) is 0 Å². The van der Waals surface area contributed by atoms with Crippen LogP contribution in [0.4, 0.5) is 10.5 Å². The van der Waals surface area contributed by atoms with Crippen molar-refractivity contribution in [3.05, 3.63) is 29.8 Å². The van der Waals surface area contributed by atoms with Gasteiger partial charge in [-0.15, -0.1) is 0 Å². The highest BCUT2D eigenvalue weighted by molar-refractivity contribution is 5.94. The van der Waals surface area contributed by atoms with Gasteiger partial charge in [0.1, 0.15) is 0 Å². The number of rotatable bonds is 6. The first-order valence-electron chi connectivity index (χ1n) is 7.55. The summed E-state index contributed by atoms with van der Waals surface area (Å²) in [6.45, 7) is 5.43. The van der Waals surface area contributed by atoms with Crippen LogP contribution < -0.4 is 10.6 Å². The van der Waals surface area contributed by atoms with E-state index in [4.69, 9.17) is 10.8 Å². The molecule has 0 radical (unpaired) electrons. The molecule has 3 N–H and O–H groups in total. The quantitative estimate of drug-likeness (QED) is 0.843. The number of carboxylic acids is 1. The van der Waals surface area contributed by atoms with Crippen LogP contribution in [0, 0.1) is 0 Å². The van der Waals surface area contributed by atoms with Crippen molar-refractivity contribution in [3.8, 4) is 0 Å². The average Bonchev–Trinajstić information content (AvgIpc) is 2.86. The molecule has 1 aromatic rings. The van der Waals surface area contributed by atoms with Gasteiger partial charge in [-0.05, 0) is 38.0 Å². The van der Waals surface area contributed by atoms with Crippen LogP contribution in [0.3, 0.4) is 0 Å². The molecule has 1 atom stereocenters. The van der Waals surface area contributed by atoms with Crippen molar-refractivity contribution < 1.29 is 14.7 Å². The molecule has 6 nitrogen and oxygen atoms in total. The van der Waals surface area contributed by atoms with Crippen molar-refractivity contribution in [2.45, 2.75) is 38.8 Å². The number of aliphatic carboxylic acids is 1. The Morgan fingerprint density at radius 1 is 1.27 bits per heavy atom. The molecular formula is C16H23N3O3. The zero-order valence-corrected chi connectivity index (χ0v) is 13.0. The van der Waals surface area contributed by atoms with Crippen LogP contribution in [0.25, 0.3) is 0 Å². The van der Waals surface area contributed by atoms with Gasteiger partial charge in [-0.25, -0.2) is 4.79 Å². The smallest absolute Gasteiger partial charge is 0.324 e. The maximum Gasteiger partial charge on any atom is 0.324 e. The van der Waals surface area contributed by atoms with Crippen molar-refractivity contribution in [2.75, 3.05) is 18.0 Å². The van der Waals surface area contributed by atoms with Crippen molar-refractivity contribution in [2.24, 2.45) is 5.73 Å². The predicted octanol–water partition coefficient (Wildman–Crippen LogP) is 2.20. The van der Waals surface area contributed by atoms with Crippen molar-refractivity contribution >= 4 is 17.7 Å². The van der Waals surface area contributed by atoms with E-state index in [1.807, 2.05) is 43.0 Å². The molecule has 6 heteroatoms. The summed E-state index contributed by atoms with van der Waals surface area (Å²) in [5.41, 5.74) is 7.72. The molecule has 2 rings (SSSR count). The third kappa shape index (κ3) is 3.57. The van der Waals surface area contributed by atoms with Crippen LogP contribution in [0.1, 0.15) is 38.3 Å². The van der Waals surface area contributed by atoms with E-state index in [-0.39, 0.29) is 24.5 Å². The number of anilines is 1. The summed E-state index contributed by atoms with van der Waals surface area (Å²) in [6, 6.07) is 7.40. The molecule has 0 aromatic heterocycles. The maximum absolute atomic E-state index is 12.3. The molecule has 22 heavy (non-hydrogen) atoms. The second kappa shape index (κ2) is 6.79. The number of carbonyl (C=O) groups is 2. The second-order valence-corrected chi connectivity index (χ2v) is 5.85. The Morgan fingerprint density at radius 2 is 1.91 bits per heavy atom. The van der Waals surface area contributed by atoms with E-state index in [1.54, 1.807) is 4.90 Å². The normalized spacial score (nSPS) is 16.5. The van der Waals surface area contributed by atoms with Crippen LogP contribution in [0.2, 0.25) is 0 Å². The SMILES string of the molecule is CC(C)N1CCN(c2ccc(C(N)CCC(=O)O)cc2)C1=O. The van der Waals surface area contributed by atoms with Crippen molar-refractivity contribution in [1.82, 2.24) is 4.90 Å². The van der Waals surface area contributed by atoms with Crippen LogP contribution >= 0.6 is 0 Å². The molecular weight excluding hydrogens is 282 g/mol. The number of benzene rings is 1. The average molecular weight is 305 g/mol. The third-order valence-electron chi connectivity index (χ3n) is 3.97. The maximum atomic E-state index is 12.3. The largest absolute Gasteiger partial charge is 0.481 e. The summed E-state index contributed by atoms with van der Waals surface area (Å²) in [5.74, 6) is -0.844. The highest BCUT2D eigenvalue weighted by atomic mass is 16.4. The fraction of sp³-hybridized carbons (Fsp3) is 0.500. The van der Waals surface area contributed by atoms with E-state index in [1.165, 1.54) is 0 Å². The zero-order valence-electron chi connectivity index (χ0n) is 13.0. The van der Waals surface area contributed by atoms with E-state index < -0.39 is 5.97 Å². The van der Waals surface area contributed by atoms with Gasteiger partial charge in [0, 0.05) is 37.3 Å². The van der Waals surface area contributed by atoms with E-state index in [0.717, 1.165) is 17.8 Å². The van der Waals surface area contributed by atoms with Gasteiger partial charge in [0.25, 0.3) is 0 Å². The van der Waals surface area contributed by atoms with E-state index >= 15 is 0 Å². The number of amides is 2. The fourth-order valence-electron chi connectivity index (χ4n) is 2.62. The molecule has 1 aromatic carbocycles. The number of hydrogen-bond donors (Lipinski definition) is 2. The molecule has 0 aliphatic carbocycles. The lowest BCUT2D eigenvalue weighted by Crippen LogP contribution is -2.36. The molecule has 120 valence electrons. The Hall–Kier alpha value is -2.08. The highest BCUT2D eigenvalue weighted by Crippen LogP contribution is 2.24. The Labute approximate surface area is 130 Å². The van der Waals surface area contributed by atoms with Crippen LogP contribution in [-0.2, 0) is 4.79 Å². The highest BCUT2D eigenvalue weighted by Gasteiger charge is 2.30. The molecule has 0 bridgehead atoms. The summed E-state index contributed by atoms with van der Waals surface area (Å²) in [4.78, 5) is 26.5. The van der Waals surface area contributed by atoms with E-state index in [0.29, 0.717) is 13.0 Å². The van der Waals surface area contributed by atoms with Crippen LogP contribution in [-0.4, -0.2) is 41.1 Å². The minimum absolute atomic E-state index is 0.0259. The number of carbonyl (C=O) groups excluding carboxylic acids is 1. The molecule has 1 aliphatic heterocycles. The van der Waals surface area contributed by atoms with Gasteiger partial charge in [0.2, 0.25) is 0 Å². The van der Waals surface area contributed by atoms with Gasteiger partial charge in [-0.3, -0.25) is 9.69 Å². The van der Waals surface area contributed by atoms with Gasteiger partial charge in [0.05, 0.1) is 0 Å². The molecule has 1 aliphatic rings. The fourth-order valence-corrected chi connectivity index (χ4v) is 2.62. The van der Waals surface area contributed by atoms with E-state index in [9.17, 15) is 9.59 Å². The van der Waals surface area contributed by atoms with Crippen LogP contribution in [0.5, 0.6) is 0 Å². The van der Waals surface area contributed by atoms with Crippen molar-refractivity contribution in [3.63, 3.8) is 0 Å². The van der Waals surface area contributed by atoms with Crippen LogP contribution in [0.15, 0.2) is 24.3 Å². The van der Waals surface area contributed by atoms with E-state index in [2.05, 4.69) is 0 Å². The molecule has 1 fully saturated rings.